The number of aromatic nitrogens is 1. The van der Waals surface area contributed by atoms with E-state index in [0.717, 1.165) is 16.9 Å². The number of methoxy groups -OCH3 is 1. The molecule has 1 aliphatic carbocycles. The number of carbonyl (C=O) groups is 4. The molecule has 1 saturated carbocycles. The van der Waals surface area contributed by atoms with Gasteiger partial charge in [0.25, 0.3) is 15.9 Å². The van der Waals surface area contributed by atoms with E-state index < -0.39 is 74.5 Å². The van der Waals surface area contributed by atoms with Gasteiger partial charge in [-0.3, -0.25) is 14.4 Å². The van der Waals surface area contributed by atoms with Gasteiger partial charge in [0.2, 0.25) is 11.8 Å². The lowest BCUT2D eigenvalue weighted by atomic mass is 9.85. The Morgan fingerprint density at radius 3 is 2.35 bits per heavy atom. The number of amides is 4. The highest BCUT2D eigenvalue weighted by molar-refractivity contribution is 9.10. The lowest BCUT2D eigenvalue weighted by Crippen LogP contribution is -2.60. The van der Waals surface area contributed by atoms with E-state index in [1.165, 1.54) is 17.0 Å². The van der Waals surface area contributed by atoms with Crippen molar-refractivity contribution in [2.24, 2.45) is 11.3 Å². The van der Waals surface area contributed by atoms with Crippen molar-refractivity contribution < 1.29 is 41.8 Å². The van der Waals surface area contributed by atoms with Crippen molar-refractivity contribution in [2.75, 3.05) is 13.7 Å². The van der Waals surface area contributed by atoms with E-state index in [2.05, 4.69) is 37.9 Å². The SMILES string of the molecule is C=CC1CC1(NC(=O)C1CC(Oc2cc(-c3ccccc3)nc3cc(OC)ccc23)CN1C(=O)C(NC(=O)OC(C)(C)C)C(C)(C)C)C(=O)NS(=O)(=O)c1cc(Br)c(Cl)s1. The monoisotopic (exact) mass is 943 g/mol. The first-order chi connectivity index (χ1) is 28.0. The van der Waals surface area contributed by atoms with Crippen LogP contribution >= 0.6 is 38.9 Å². The Kier molecular flexibility index (Phi) is 12.7. The zero-order valence-corrected chi connectivity index (χ0v) is 38.1. The van der Waals surface area contributed by atoms with Gasteiger partial charge in [-0.25, -0.2) is 22.9 Å². The molecule has 1 saturated heterocycles. The highest BCUT2D eigenvalue weighted by atomic mass is 79.9. The molecule has 14 nitrogen and oxygen atoms in total. The molecule has 18 heteroatoms. The van der Waals surface area contributed by atoms with E-state index in [9.17, 15) is 27.6 Å². The third-order valence-corrected chi connectivity index (χ3v) is 14.4. The zero-order chi connectivity index (χ0) is 43.9. The fourth-order valence-corrected chi connectivity index (χ4v) is 10.4. The fraction of sp³-hybridized carbons (Fsp3) is 0.405. The summed E-state index contributed by atoms with van der Waals surface area (Å²) in [5.74, 6) is -1.90. The second kappa shape index (κ2) is 17.0. The first-order valence-corrected chi connectivity index (χ1v) is 22.5. The van der Waals surface area contributed by atoms with Gasteiger partial charge in [-0.05, 0) is 66.7 Å². The van der Waals surface area contributed by atoms with E-state index in [-0.39, 0.29) is 27.9 Å². The number of rotatable bonds is 12. The van der Waals surface area contributed by atoms with Crippen LogP contribution in [-0.4, -0.2) is 85.1 Å². The molecule has 2 aliphatic rings. The maximum Gasteiger partial charge on any atom is 0.408 e. The van der Waals surface area contributed by atoms with Gasteiger partial charge >= 0.3 is 6.09 Å². The van der Waals surface area contributed by atoms with Gasteiger partial charge in [-0.2, -0.15) is 0 Å². The lowest BCUT2D eigenvalue weighted by Gasteiger charge is -2.36. The molecular formula is C42H47BrClN5O9S2. The number of ether oxygens (including phenoxy) is 3. The van der Waals surface area contributed by atoms with Gasteiger partial charge in [0.15, 0.2) is 0 Å². The van der Waals surface area contributed by atoms with Crippen LogP contribution in [0.1, 0.15) is 54.4 Å². The number of benzene rings is 2. The number of nitrogens with zero attached hydrogens (tertiary/aromatic N) is 2. The van der Waals surface area contributed by atoms with E-state index >= 15 is 0 Å². The van der Waals surface area contributed by atoms with Crippen LogP contribution in [0.5, 0.6) is 11.5 Å². The van der Waals surface area contributed by atoms with E-state index in [4.69, 9.17) is 30.8 Å². The van der Waals surface area contributed by atoms with Crippen molar-refractivity contribution in [1.82, 2.24) is 25.2 Å². The van der Waals surface area contributed by atoms with Gasteiger partial charge in [-0.1, -0.05) is 68.8 Å². The van der Waals surface area contributed by atoms with Crippen molar-refractivity contribution in [3.63, 3.8) is 0 Å². The van der Waals surface area contributed by atoms with E-state index in [1.807, 2.05) is 36.4 Å². The minimum absolute atomic E-state index is 0.0298. The first kappa shape index (κ1) is 44.8. The Hall–Kier alpha value is -4.71. The van der Waals surface area contributed by atoms with Crippen molar-refractivity contribution in [1.29, 1.82) is 0 Å². The largest absolute Gasteiger partial charge is 0.497 e. The molecule has 4 amide bonds. The molecule has 3 N–H and O–H groups in total. The molecule has 0 radical (unpaired) electrons. The summed E-state index contributed by atoms with van der Waals surface area (Å²) in [5, 5.41) is 6.16. The van der Waals surface area contributed by atoms with Crippen molar-refractivity contribution in [2.45, 2.75) is 87.9 Å². The Balaban J connectivity index is 1.35. The Morgan fingerprint density at radius 2 is 1.77 bits per heavy atom. The summed E-state index contributed by atoms with van der Waals surface area (Å²) >= 11 is 10.0. The summed E-state index contributed by atoms with van der Waals surface area (Å²) in [6.45, 7) is 14.1. The molecule has 0 spiro atoms. The number of pyridine rings is 1. The number of alkyl carbamates (subject to hydrolysis) is 1. The third kappa shape index (κ3) is 9.74. The van der Waals surface area contributed by atoms with Crippen molar-refractivity contribution in [3.8, 4) is 22.8 Å². The smallest absolute Gasteiger partial charge is 0.408 e. The molecule has 5 unspecified atom stereocenters. The van der Waals surface area contributed by atoms with Crippen LogP contribution in [0.25, 0.3) is 22.2 Å². The highest BCUT2D eigenvalue weighted by Gasteiger charge is 2.61. The predicted molar refractivity (Wildman–Crippen MR) is 232 cm³/mol. The van der Waals surface area contributed by atoms with Crippen LogP contribution in [-0.2, 0) is 29.1 Å². The van der Waals surface area contributed by atoms with Crippen LogP contribution in [0.15, 0.2) is 82.0 Å². The minimum atomic E-state index is -4.39. The Bertz CT molecular complexity index is 2430. The summed E-state index contributed by atoms with van der Waals surface area (Å²) in [7, 11) is -2.83. The Morgan fingerprint density at radius 1 is 1.07 bits per heavy atom. The average Bonchev–Trinajstić information content (AvgIpc) is 3.54. The molecule has 2 aromatic carbocycles. The number of thiophene rings is 1. The summed E-state index contributed by atoms with van der Waals surface area (Å²) in [6, 6.07) is 15.6. The number of hydrogen-bond acceptors (Lipinski definition) is 11. The number of carbonyl (C=O) groups excluding carboxylic acids is 4. The van der Waals surface area contributed by atoms with Crippen molar-refractivity contribution in [3.05, 3.63) is 82.1 Å². The molecule has 320 valence electrons. The molecule has 1 aliphatic heterocycles. The molecule has 6 rings (SSSR count). The second-order valence-corrected chi connectivity index (χ2v) is 21.2. The maximum absolute atomic E-state index is 14.7. The second-order valence-electron chi connectivity index (χ2n) is 16.8. The van der Waals surface area contributed by atoms with Crippen molar-refractivity contribution >= 4 is 83.6 Å². The zero-order valence-electron chi connectivity index (χ0n) is 34.1. The number of halogens is 2. The standard InChI is InChI=1S/C42H47BrClN5O9S2/c1-9-24-21-42(24,38(52)48-60(54,55)33-19-28(43)35(44)59-33)47-36(50)31-18-26(22-49(31)37(51)34(40(2,3)4)46-39(53)58-41(5,6)7)57-32-20-29(23-13-11-10-12-14-23)45-30-17-25(56-8)15-16-27(30)32/h9-17,19-20,24,26,31,34H,1,18,21-22H2,2-8H3,(H,46,53)(H,47,50)(H,48,52). The molecular weight excluding hydrogens is 898 g/mol. The number of hydrogen-bond donors (Lipinski definition) is 3. The quantitative estimate of drug-likeness (QED) is 0.123. The topological polar surface area (TPSA) is 182 Å². The summed E-state index contributed by atoms with van der Waals surface area (Å²) in [4.78, 5) is 62.5. The van der Waals surface area contributed by atoms with Gasteiger partial charge in [0.1, 0.15) is 49.4 Å². The fourth-order valence-electron chi connectivity index (χ4n) is 7.01. The molecule has 4 aromatic rings. The summed E-state index contributed by atoms with van der Waals surface area (Å²) in [5.41, 5.74) is -1.38. The minimum Gasteiger partial charge on any atom is -0.497 e. The van der Waals surface area contributed by atoms with Gasteiger partial charge in [0.05, 0.1) is 24.9 Å². The molecule has 2 fully saturated rings. The lowest BCUT2D eigenvalue weighted by molar-refractivity contribution is -0.143. The summed E-state index contributed by atoms with van der Waals surface area (Å²) in [6.07, 6.45) is -0.109. The highest BCUT2D eigenvalue weighted by Crippen LogP contribution is 2.46. The third-order valence-electron chi connectivity index (χ3n) is 10.1. The van der Waals surface area contributed by atoms with Gasteiger partial charge in [-0.15, -0.1) is 17.9 Å². The van der Waals surface area contributed by atoms with Gasteiger partial charge in [0, 0.05) is 39.9 Å². The number of likely N-dealkylation sites (tertiary alicyclic amines) is 1. The average molecular weight is 945 g/mol. The first-order valence-electron chi connectivity index (χ1n) is 19.0. The van der Waals surface area contributed by atoms with Crippen LogP contribution in [0.4, 0.5) is 4.79 Å². The van der Waals surface area contributed by atoms with Crippen LogP contribution in [0.3, 0.4) is 0 Å². The number of sulfonamides is 1. The number of nitrogens with one attached hydrogen (secondary N) is 3. The molecule has 5 atom stereocenters. The molecule has 2 aromatic heterocycles. The van der Waals surface area contributed by atoms with E-state index in [1.54, 1.807) is 66.9 Å². The molecule has 60 heavy (non-hydrogen) atoms. The predicted octanol–water partition coefficient (Wildman–Crippen LogP) is 7.24. The Labute approximate surface area is 366 Å². The van der Waals surface area contributed by atoms with Gasteiger partial charge < -0.3 is 29.7 Å². The summed E-state index contributed by atoms with van der Waals surface area (Å²) < 4.78 is 46.7. The molecule has 0 bridgehead atoms. The maximum atomic E-state index is 14.7. The van der Waals surface area contributed by atoms with E-state index in [0.29, 0.717) is 32.6 Å². The van der Waals surface area contributed by atoms with Crippen LogP contribution in [0, 0.1) is 11.3 Å². The normalized spacial score (nSPS) is 20.8. The molecule has 3 heterocycles. The van der Waals surface area contributed by atoms with Crippen LogP contribution in [0.2, 0.25) is 4.34 Å². The number of fused-ring (bicyclic) bond motifs is 1. The van der Waals surface area contributed by atoms with Crippen LogP contribution < -0.4 is 24.8 Å².